The average Bonchev–Trinajstić information content (AvgIpc) is 3.13. The van der Waals surface area contributed by atoms with Crippen LogP contribution in [0.5, 0.6) is 0 Å². The number of nitrogens with one attached hydrogen (secondary N) is 3. The summed E-state index contributed by atoms with van der Waals surface area (Å²) in [5.41, 5.74) is 6.84. The van der Waals surface area contributed by atoms with Crippen LogP contribution in [0.2, 0.25) is 0 Å². The number of nitrogens with two attached hydrogens (primary N) is 1. The minimum Gasteiger partial charge on any atom is -0.399 e. The molecule has 2 aromatic rings. The number of H-pyrrole nitrogens is 1. The molecule has 1 amide bonds. The molecule has 1 aromatic heterocycles. The minimum absolute atomic E-state index is 0.108. The van der Waals surface area contributed by atoms with E-state index in [1.165, 1.54) is 6.20 Å². The molecular formula is C13H16N4O3S. The quantitative estimate of drug-likeness (QED) is 0.594. The predicted molar refractivity (Wildman–Crippen MR) is 79.1 cm³/mol. The second kappa shape index (κ2) is 5.05. The van der Waals surface area contributed by atoms with E-state index in [1.54, 1.807) is 18.2 Å². The van der Waals surface area contributed by atoms with Gasteiger partial charge in [-0.2, -0.15) is 0 Å². The van der Waals surface area contributed by atoms with E-state index in [-0.39, 0.29) is 23.4 Å². The number of benzene rings is 1. The number of rotatable bonds is 5. The van der Waals surface area contributed by atoms with Crippen molar-refractivity contribution in [3.05, 3.63) is 24.4 Å². The second-order valence-corrected chi connectivity index (χ2v) is 6.86. The van der Waals surface area contributed by atoms with E-state index >= 15 is 0 Å². The minimum atomic E-state index is -3.75. The van der Waals surface area contributed by atoms with Crippen molar-refractivity contribution in [2.45, 2.75) is 23.8 Å². The zero-order chi connectivity index (χ0) is 15.0. The molecule has 8 heteroatoms. The Morgan fingerprint density at radius 3 is 2.86 bits per heavy atom. The summed E-state index contributed by atoms with van der Waals surface area (Å²) in [5.74, 6) is -0.315. The Hall–Kier alpha value is -2.06. The molecular weight excluding hydrogens is 292 g/mol. The number of anilines is 1. The van der Waals surface area contributed by atoms with Crippen molar-refractivity contribution in [3.8, 4) is 0 Å². The first kappa shape index (κ1) is 13.9. The van der Waals surface area contributed by atoms with Gasteiger partial charge in [-0.15, -0.1) is 0 Å². The maximum absolute atomic E-state index is 12.3. The van der Waals surface area contributed by atoms with E-state index in [9.17, 15) is 13.2 Å². The van der Waals surface area contributed by atoms with Crippen LogP contribution < -0.4 is 15.8 Å². The molecule has 112 valence electrons. The number of sulfonamides is 1. The van der Waals surface area contributed by atoms with Gasteiger partial charge in [-0.25, -0.2) is 13.1 Å². The normalized spacial score (nSPS) is 15.2. The van der Waals surface area contributed by atoms with Crippen molar-refractivity contribution < 1.29 is 13.2 Å². The van der Waals surface area contributed by atoms with E-state index < -0.39 is 10.0 Å². The summed E-state index contributed by atoms with van der Waals surface area (Å²) in [6, 6.07) is 5.14. The highest BCUT2D eigenvalue weighted by atomic mass is 32.2. The van der Waals surface area contributed by atoms with Crippen LogP contribution in [0.3, 0.4) is 0 Å². The van der Waals surface area contributed by atoms with Crippen molar-refractivity contribution in [2.24, 2.45) is 0 Å². The van der Waals surface area contributed by atoms with E-state index in [4.69, 9.17) is 5.73 Å². The molecule has 0 bridgehead atoms. The molecule has 0 radical (unpaired) electrons. The third-order valence-electron chi connectivity index (χ3n) is 3.32. The number of fused-ring (bicyclic) bond motifs is 1. The van der Waals surface area contributed by atoms with Crippen molar-refractivity contribution in [2.75, 3.05) is 12.3 Å². The number of nitrogen functional groups attached to an aromatic ring is 1. The molecule has 0 unspecified atom stereocenters. The topological polar surface area (TPSA) is 117 Å². The summed E-state index contributed by atoms with van der Waals surface area (Å²) in [4.78, 5) is 14.5. The SMILES string of the molecule is Nc1ccc2c(S(=O)(=O)NCC(=O)NC3CC3)c[nH]c2c1. The third-order valence-corrected chi connectivity index (χ3v) is 4.76. The fraction of sp³-hybridized carbons (Fsp3) is 0.308. The Morgan fingerprint density at radius 2 is 2.14 bits per heavy atom. The van der Waals surface area contributed by atoms with Gasteiger partial charge >= 0.3 is 0 Å². The summed E-state index contributed by atoms with van der Waals surface area (Å²) in [7, 11) is -3.75. The highest BCUT2D eigenvalue weighted by molar-refractivity contribution is 7.89. The van der Waals surface area contributed by atoms with Crippen molar-refractivity contribution in [1.29, 1.82) is 0 Å². The van der Waals surface area contributed by atoms with Gasteiger partial charge in [0, 0.05) is 28.8 Å². The number of carbonyl (C=O) groups is 1. The molecule has 0 aliphatic heterocycles. The fourth-order valence-electron chi connectivity index (χ4n) is 2.08. The van der Waals surface area contributed by atoms with E-state index in [1.807, 2.05) is 0 Å². The molecule has 3 rings (SSSR count). The van der Waals surface area contributed by atoms with Crippen LogP contribution in [-0.2, 0) is 14.8 Å². The summed E-state index contributed by atoms with van der Waals surface area (Å²) in [6.45, 7) is -0.263. The van der Waals surface area contributed by atoms with Crippen molar-refractivity contribution >= 4 is 32.5 Å². The van der Waals surface area contributed by atoms with Crippen LogP contribution in [0, 0.1) is 0 Å². The number of hydrogen-bond donors (Lipinski definition) is 4. The van der Waals surface area contributed by atoms with Crippen LogP contribution >= 0.6 is 0 Å². The lowest BCUT2D eigenvalue weighted by atomic mass is 10.2. The van der Waals surface area contributed by atoms with Crippen molar-refractivity contribution in [3.63, 3.8) is 0 Å². The molecule has 1 heterocycles. The van der Waals surface area contributed by atoms with Gasteiger partial charge in [0.1, 0.15) is 4.90 Å². The first-order valence-electron chi connectivity index (χ1n) is 6.61. The van der Waals surface area contributed by atoms with Crippen LogP contribution in [0.25, 0.3) is 10.9 Å². The lowest BCUT2D eigenvalue weighted by Gasteiger charge is -2.06. The molecule has 21 heavy (non-hydrogen) atoms. The summed E-state index contributed by atoms with van der Waals surface area (Å²) < 4.78 is 26.8. The molecule has 7 nitrogen and oxygen atoms in total. The zero-order valence-corrected chi connectivity index (χ0v) is 12.0. The van der Waals surface area contributed by atoms with Gasteiger partial charge in [0.2, 0.25) is 15.9 Å². The highest BCUT2D eigenvalue weighted by Gasteiger charge is 2.25. The Labute approximate surface area is 122 Å². The zero-order valence-electron chi connectivity index (χ0n) is 11.2. The number of carbonyl (C=O) groups excluding carboxylic acids is 1. The maximum atomic E-state index is 12.3. The first-order chi connectivity index (χ1) is 9.95. The molecule has 1 aromatic carbocycles. The lowest BCUT2D eigenvalue weighted by molar-refractivity contribution is -0.120. The molecule has 1 aliphatic rings. The monoisotopic (exact) mass is 308 g/mol. The van der Waals surface area contributed by atoms with Gasteiger partial charge in [-0.3, -0.25) is 4.79 Å². The molecule has 1 aliphatic carbocycles. The van der Waals surface area contributed by atoms with Gasteiger partial charge in [0.05, 0.1) is 6.54 Å². The molecule has 0 saturated heterocycles. The Morgan fingerprint density at radius 1 is 1.38 bits per heavy atom. The lowest BCUT2D eigenvalue weighted by Crippen LogP contribution is -2.37. The van der Waals surface area contributed by atoms with Crippen LogP contribution in [-0.4, -0.2) is 31.9 Å². The highest BCUT2D eigenvalue weighted by Crippen LogP contribution is 2.24. The molecule has 1 fully saturated rings. The summed E-state index contributed by atoms with van der Waals surface area (Å²) in [6.07, 6.45) is 3.32. The Kier molecular flexibility index (Phi) is 3.34. The van der Waals surface area contributed by atoms with E-state index in [0.717, 1.165) is 12.8 Å². The van der Waals surface area contributed by atoms with Crippen LogP contribution in [0.15, 0.2) is 29.3 Å². The van der Waals surface area contributed by atoms with Gasteiger partial charge in [0.15, 0.2) is 0 Å². The van der Waals surface area contributed by atoms with Crippen LogP contribution in [0.4, 0.5) is 5.69 Å². The van der Waals surface area contributed by atoms with Gasteiger partial charge < -0.3 is 16.0 Å². The second-order valence-electron chi connectivity index (χ2n) is 5.12. The third kappa shape index (κ3) is 3.01. The average molecular weight is 308 g/mol. The van der Waals surface area contributed by atoms with E-state index in [2.05, 4.69) is 15.0 Å². The van der Waals surface area contributed by atoms with Gasteiger partial charge in [-0.1, -0.05) is 0 Å². The van der Waals surface area contributed by atoms with Crippen molar-refractivity contribution in [1.82, 2.24) is 15.0 Å². The predicted octanol–water partition coefficient (Wildman–Crippen LogP) is 0.307. The Bertz CT molecular complexity index is 793. The largest absolute Gasteiger partial charge is 0.399 e. The summed E-state index contributed by atoms with van der Waals surface area (Å²) in [5, 5.41) is 3.27. The standard InChI is InChI=1S/C13H16N4O3S/c14-8-1-4-10-11(5-8)15-6-12(10)21(19,20)16-7-13(18)17-9-2-3-9/h1,4-6,9,15-16H,2-3,7,14H2,(H,17,18). The maximum Gasteiger partial charge on any atom is 0.243 e. The van der Waals surface area contributed by atoms with Gasteiger partial charge in [-0.05, 0) is 31.0 Å². The Balaban J connectivity index is 1.77. The molecule has 5 N–H and O–H groups in total. The van der Waals surface area contributed by atoms with Crippen LogP contribution in [0.1, 0.15) is 12.8 Å². The number of aromatic nitrogens is 1. The summed E-state index contributed by atoms with van der Waals surface area (Å²) >= 11 is 0. The van der Waals surface area contributed by atoms with E-state index in [0.29, 0.717) is 16.6 Å². The smallest absolute Gasteiger partial charge is 0.243 e. The molecule has 0 atom stereocenters. The number of hydrogen-bond acceptors (Lipinski definition) is 4. The van der Waals surface area contributed by atoms with Gasteiger partial charge in [0.25, 0.3) is 0 Å². The fourth-order valence-corrected chi connectivity index (χ4v) is 3.24. The molecule has 0 spiro atoms. The first-order valence-corrected chi connectivity index (χ1v) is 8.10. The number of aromatic amines is 1. The molecule has 1 saturated carbocycles. The number of amides is 1.